The van der Waals surface area contributed by atoms with Crippen molar-refractivity contribution in [2.24, 2.45) is 0 Å². The van der Waals surface area contributed by atoms with Crippen molar-refractivity contribution in [2.75, 3.05) is 70.4 Å². The molecule has 2 aliphatic heterocycles. The Morgan fingerprint density at radius 2 is 1.31 bits per heavy atom. The molecule has 0 atom stereocenters. The number of nitrogens with zero attached hydrogens (tertiary/aromatic N) is 4. The molecule has 2 amide bonds. The number of hydrogen-bond donors (Lipinski definition) is 0. The molecule has 39 heavy (non-hydrogen) atoms. The van der Waals surface area contributed by atoms with Crippen LogP contribution < -0.4 is 9.64 Å². The maximum Gasteiger partial charge on any atom is 0.324 e. The molecule has 0 saturated carbocycles. The van der Waals surface area contributed by atoms with Crippen LogP contribution in [0.3, 0.4) is 0 Å². The number of ether oxygens (including phenoxy) is 1. The number of likely N-dealkylation sites (tertiary alicyclic amines) is 2. The van der Waals surface area contributed by atoms with Crippen molar-refractivity contribution in [1.82, 2.24) is 14.7 Å². The van der Waals surface area contributed by atoms with Crippen molar-refractivity contribution < 1.29 is 9.53 Å². The predicted octanol–water partition coefficient (Wildman–Crippen LogP) is 7.64. The second-order valence-corrected chi connectivity index (χ2v) is 13.1. The number of amides is 2. The van der Waals surface area contributed by atoms with Gasteiger partial charge in [0.25, 0.3) is 0 Å². The average Bonchev–Trinajstić information content (AvgIpc) is 3.63. The molecule has 0 spiro atoms. The van der Waals surface area contributed by atoms with Crippen LogP contribution in [0.2, 0.25) is 0 Å². The number of carbonyl (C=O) groups is 1. The maximum atomic E-state index is 14.3. The molecule has 2 aliphatic rings. The van der Waals surface area contributed by atoms with Crippen LogP contribution in [0.4, 0.5) is 10.5 Å². The van der Waals surface area contributed by atoms with Crippen molar-refractivity contribution in [1.29, 1.82) is 0 Å². The van der Waals surface area contributed by atoms with Crippen molar-refractivity contribution >= 4 is 59.5 Å². The van der Waals surface area contributed by atoms with Crippen molar-refractivity contribution in [3.8, 4) is 5.75 Å². The second kappa shape index (κ2) is 16.3. The van der Waals surface area contributed by atoms with E-state index in [0.717, 1.165) is 70.3 Å². The Balaban J connectivity index is 1.46. The van der Waals surface area contributed by atoms with Gasteiger partial charge in [-0.1, -0.05) is 34.1 Å². The molecule has 2 fully saturated rings. The van der Waals surface area contributed by atoms with Crippen LogP contribution in [0.1, 0.15) is 44.9 Å². The summed E-state index contributed by atoms with van der Waals surface area (Å²) in [5, 5.41) is 0. The van der Waals surface area contributed by atoms with E-state index in [1.165, 1.54) is 51.9 Å². The Morgan fingerprint density at radius 1 is 0.769 bits per heavy atom. The summed E-state index contributed by atoms with van der Waals surface area (Å²) < 4.78 is 8.69. The molecule has 0 aromatic heterocycles. The van der Waals surface area contributed by atoms with Gasteiger partial charge in [-0.15, -0.1) is 0 Å². The van der Waals surface area contributed by atoms with Crippen LogP contribution in [0.25, 0.3) is 0 Å². The molecule has 2 saturated heterocycles. The topological polar surface area (TPSA) is 39.3 Å². The number of anilines is 1. The van der Waals surface area contributed by atoms with E-state index in [-0.39, 0.29) is 6.03 Å². The third-order valence-electron chi connectivity index (χ3n) is 7.49. The van der Waals surface area contributed by atoms with Crippen LogP contribution in [0, 0.1) is 0 Å². The van der Waals surface area contributed by atoms with Crippen LogP contribution >= 0.6 is 47.8 Å². The van der Waals surface area contributed by atoms with Crippen molar-refractivity contribution in [2.45, 2.75) is 44.9 Å². The zero-order valence-corrected chi connectivity index (χ0v) is 27.6. The van der Waals surface area contributed by atoms with E-state index in [1.54, 1.807) is 0 Å². The van der Waals surface area contributed by atoms with Gasteiger partial charge in [0.05, 0.1) is 12.3 Å². The van der Waals surface area contributed by atoms with E-state index < -0.39 is 0 Å². The Morgan fingerprint density at radius 3 is 1.85 bits per heavy atom. The smallest absolute Gasteiger partial charge is 0.324 e. The number of carbonyl (C=O) groups excluding carboxylic acids is 1. The van der Waals surface area contributed by atoms with Gasteiger partial charge in [-0.3, -0.25) is 4.90 Å². The molecule has 2 aromatic carbocycles. The number of para-hydroxylation sites is 1. The van der Waals surface area contributed by atoms with Crippen molar-refractivity contribution in [3.05, 3.63) is 55.9 Å². The zero-order valence-electron chi connectivity index (χ0n) is 22.8. The third-order valence-corrected chi connectivity index (χ3v) is 9.16. The third kappa shape index (κ3) is 9.73. The van der Waals surface area contributed by atoms with Gasteiger partial charge in [-0.2, -0.15) is 0 Å². The summed E-state index contributed by atoms with van der Waals surface area (Å²) in [6.45, 7) is 9.55. The molecular weight excluding hydrogens is 688 g/mol. The lowest BCUT2D eigenvalue weighted by Gasteiger charge is -2.33. The van der Waals surface area contributed by atoms with Crippen LogP contribution in [-0.4, -0.2) is 86.2 Å². The fourth-order valence-electron chi connectivity index (χ4n) is 5.48. The van der Waals surface area contributed by atoms with E-state index >= 15 is 0 Å². The summed E-state index contributed by atoms with van der Waals surface area (Å²) in [5.74, 6) is 0.854. The number of benzene rings is 2. The highest BCUT2D eigenvalue weighted by atomic mass is 79.9. The van der Waals surface area contributed by atoms with Crippen molar-refractivity contribution in [3.63, 3.8) is 0 Å². The molecule has 4 rings (SSSR count). The molecule has 0 radical (unpaired) electrons. The normalized spacial score (nSPS) is 16.1. The monoisotopic (exact) mass is 726 g/mol. The number of rotatable bonds is 14. The Bertz CT molecular complexity index is 985. The predicted molar refractivity (Wildman–Crippen MR) is 171 cm³/mol. The number of halogens is 3. The van der Waals surface area contributed by atoms with E-state index in [2.05, 4.69) is 62.5 Å². The minimum absolute atomic E-state index is 0.0706. The Kier molecular flexibility index (Phi) is 12.9. The number of urea groups is 1. The quantitative estimate of drug-likeness (QED) is 0.188. The number of hydrogen-bond acceptors (Lipinski definition) is 4. The molecule has 2 aromatic rings. The molecule has 9 heteroatoms. The highest BCUT2D eigenvalue weighted by Gasteiger charge is 2.26. The van der Waals surface area contributed by atoms with Crippen LogP contribution in [0.5, 0.6) is 5.75 Å². The van der Waals surface area contributed by atoms with Gasteiger partial charge < -0.3 is 19.4 Å². The summed E-state index contributed by atoms with van der Waals surface area (Å²) in [6.07, 6.45) is 7.91. The van der Waals surface area contributed by atoms with Gasteiger partial charge in [0.15, 0.2) is 0 Å². The minimum Gasteiger partial charge on any atom is -0.494 e. The highest BCUT2D eigenvalue weighted by molar-refractivity contribution is 9.11. The zero-order chi connectivity index (χ0) is 27.5. The van der Waals surface area contributed by atoms with Gasteiger partial charge in [-0.25, -0.2) is 4.79 Å². The van der Waals surface area contributed by atoms with E-state index in [1.807, 2.05) is 47.4 Å². The van der Waals surface area contributed by atoms with Gasteiger partial charge in [0.1, 0.15) is 5.75 Å². The van der Waals surface area contributed by atoms with E-state index in [4.69, 9.17) is 4.74 Å². The summed E-state index contributed by atoms with van der Waals surface area (Å²) in [5.41, 5.74) is 0.868. The molecule has 0 aliphatic carbocycles. The lowest BCUT2D eigenvalue weighted by atomic mass is 10.2. The van der Waals surface area contributed by atoms with Gasteiger partial charge >= 0.3 is 6.03 Å². The average molecular weight is 729 g/mol. The lowest BCUT2D eigenvalue weighted by molar-refractivity contribution is 0.194. The Labute approximate surface area is 259 Å². The SMILES string of the molecule is O=C(N(CCCN1CCCC1)CCCN1CCCC1)N(CCCOc1ccccc1)c1c(Br)cc(Br)cc1Br. The molecular formula is C30H41Br3N4O2. The molecule has 214 valence electrons. The summed E-state index contributed by atoms with van der Waals surface area (Å²) in [4.78, 5) is 23.4. The summed E-state index contributed by atoms with van der Waals surface area (Å²) >= 11 is 11.1. The summed E-state index contributed by atoms with van der Waals surface area (Å²) in [7, 11) is 0. The van der Waals surface area contributed by atoms with Gasteiger partial charge in [0, 0.05) is 33.1 Å². The Hall–Kier alpha value is -1.13. The highest BCUT2D eigenvalue weighted by Crippen LogP contribution is 2.38. The van der Waals surface area contributed by atoms with Gasteiger partial charge in [0.2, 0.25) is 0 Å². The lowest BCUT2D eigenvalue weighted by Crippen LogP contribution is -2.46. The molecule has 0 N–H and O–H groups in total. The molecule has 6 nitrogen and oxygen atoms in total. The molecule has 0 bridgehead atoms. The largest absolute Gasteiger partial charge is 0.494 e. The second-order valence-electron chi connectivity index (χ2n) is 10.5. The first kappa shape index (κ1) is 30.8. The van der Waals surface area contributed by atoms with E-state index in [9.17, 15) is 4.79 Å². The fraction of sp³-hybridized carbons (Fsp3) is 0.567. The summed E-state index contributed by atoms with van der Waals surface area (Å²) in [6, 6.07) is 13.9. The fourth-order valence-corrected chi connectivity index (χ4v) is 8.17. The molecule has 0 unspecified atom stereocenters. The molecule has 2 heterocycles. The van der Waals surface area contributed by atoms with E-state index in [0.29, 0.717) is 13.2 Å². The minimum atomic E-state index is 0.0706. The maximum absolute atomic E-state index is 14.3. The first-order valence-corrected chi connectivity index (χ1v) is 16.7. The van der Waals surface area contributed by atoms with Gasteiger partial charge in [-0.05, 0) is 140 Å². The first-order valence-electron chi connectivity index (χ1n) is 14.3. The first-order chi connectivity index (χ1) is 19.0. The van der Waals surface area contributed by atoms with Crippen LogP contribution in [0.15, 0.2) is 55.9 Å². The standard InChI is InChI=1S/C30H41Br3N4O2/c31-25-23-27(32)29(28(33)24-25)37(21-10-22-39-26-11-2-1-3-12-26)30(38)36(19-8-17-34-13-4-5-14-34)20-9-18-35-15-6-7-16-35/h1-3,11-12,23-24H,4-10,13-22H2. The van der Waals surface area contributed by atoms with Crippen LogP contribution in [-0.2, 0) is 0 Å².